The summed E-state index contributed by atoms with van der Waals surface area (Å²) < 4.78 is 10.2. The van der Waals surface area contributed by atoms with Crippen LogP contribution in [0.25, 0.3) is 0 Å². The summed E-state index contributed by atoms with van der Waals surface area (Å²) in [6.45, 7) is 6.53. The van der Waals surface area contributed by atoms with Gasteiger partial charge in [0.2, 0.25) is 0 Å². The third-order valence-corrected chi connectivity index (χ3v) is 3.37. The van der Waals surface area contributed by atoms with Gasteiger partial charge in [0.05, 0.1) is 16.7 Å². The molecule has 1 aromatic rings. The van der Waals surface area contributed by atoms with Gasteiger partial charge in [-0.2, -0.15) is 0 Å². The number of carbonyl (C=O) groups excluding carboxylic acids is 2. The van der Waals surface area contributed by atoms with Crippen LogP contribution >= 0.6 is 0 Å². The maximum atomic E-state index is 12.2. The molecular weight excluding hydrogens is 332 g/mol. The number of hydrogen-bond donors (Lipinski definition) is 2. The van der Waals surface area contributed by atoms with Gasteiger partial charge in [0.25, 0.3) is 0 Å². The Labute approximate surface area is 143 Å². The number of ether oxygens (including phenoxy) is 2. The zero-order chi connectivity index (χ0) is 19.1. The van der Waals surface area contributed by atoms with Gasteiger partial charge in [-0.15, -0.1) is 0 Å². The highest BCUT2D eigenvalue weighted by Gasteiger charge is 2.25. The molecule has 2 N–H and O–H groups in total. The first-order valence-corrected chi connectivity index (χ1v) is 7.35. The van der Waals surface area contributed by atoms with Gasteiger partial charge in [-0.25, -0.2) is 19.2 Å². The smallest absolute Gasteiger partial charge is 0.338 e. The molecule has 2 atom stereocenters. The van der Waals surface area contributed by atoms with Crippen molar-refractivity contribution in [3.63, 3.8) is 0 Å². The summed E-state index contributed by atoms with van der Waals surface area (Å²) in [5, 5.41) is 18.1. The summed E-state index contributed by atoms with van der Waals surface area (Å²) in [6, 6.07) is 3.11. The van der Waals surface area contributed by atoms with Crippen LogP contribution in [0, 0.1) is 0 Å². The van der Waals surface area contributed by atoms with Gasteiger partial charge in [0.15, 0.2) is 0 Å². The summed E-state index contributed by atoms with van der Waals surface area (Å²) in [5.41, 5.74) is -1.09. The molecule has 1 aromatic carbocycles. The summed E-state index contributed by atoms with van der Waals surface area (Å²) in [6.07, 6.45) is -0.175. The van der Waals surface area contributed by atoms with Gasteiger partial charge in [0.1, 0.15) is 12.2 Å². The molecule has 0 spiro atoms. The van der Waals surface area contributed by atoms with E-state index in [0.29, 0.717) is 6.42 Å². The van der Waals surface area contributed by atoms with Crippen molar-refractivity contribution >= 4 is 23.9 Å². The molecule has 0 saturated heterocycles. The molecule has 0 amide bonds. The Morgan fingerprint density at radius 2 is 1.72 bits per heavy atom. The maximum absolute atomic E-state index is 12.2. The molecule has 134 valence electrons. The average Bonchev–Trinajstić information content (AvgIpc) is 2.58. The Hall–Kier alpha value is -3.16. The Balaban J connectivity index is 3.00. The van der Waals surface area contributed by atoms with E-state index in [2.05, 4.69) is 6.58 Å². The van der Waals surface area contributed by atoms with Crippen molar-refractivity contribution in [3.8, 4) is 0 Å². The van der Waals surface area contributed by atoms with Crippen molar-refractivity contribution in [2.24, 2.45) is 0 Å². The molecule has 8 nitrogen and oxygen atoms in total. The van der Waals surface area contributed by atoms with Gasteiger partial charge >= 0.3 is 23.9 Å². The number of carboxylic acid groups (broad SMARTS) is 2. The van der Waals surface area contributed by atoms with Crippen molar-refractivity contribution in [3.05, 3.63) is 47.5 Å². The predicted molar refractivity (Wildman–Crippen MR) is 85.6 cm³/mol. The van der Waals surface area contributed by atoms with Crippen molar-refractivity contribution in [1.29, 1.82) is 0 Å². The van der Waals surface area contributed by atoms with E-state index in [0.717, 1.165) is 24.3 Å². The number of carbonyl (C=O) groups is 4. The van der Waals surface area contributed by atoms with Crippen LogP contribution < -0.4 is 0 Å². The molecule has 0 radical (unpaired) electrons. The first-order chi connectivity index (χ1) is 11.7. The largest absolute Gasteiger partial charge is 0.478 e. The first kappa shape index (κ1) is 19.9. The molecule has 0 fully saturated rings. The third-order valence-electron chi connectivity index (χ3n) is 3.37. The SMILES string of the molecule is C=CC(=O)OC(C)C(CC)OC(=O)c1ccc(C(=O)O)c(C(=O)O)c1. The molecule has 2 unspecified atom stereocenters. The zero-order valence-electron chi connectivity index (χ0n) is 13.7. The highest BCUT2D eigenvalue weighted by molar-refractivity contribution is 6.03. The van der Waals surface area contributed by atoms with Crippen LogP contribution in [-0.2, 0) is 14.3 Å². The molecule has 0 aliphatic carbocycles. The van der Waals surface area contributed by atoms with E-state index in [1.807, 2.05) is 0 Å². The van der Waals surface area contributed by atoms with E-state index in [1.165, 1.54) is 0 Å². The Bertz CT molecular complexity index is 707. The Morgan fingerprint density at radius 3 is 2.20 bits per heavy atom. The van der Waals surface area contributed by atoms with Crippen molar-refractivity contribution < 1.29 is 38.9 Å². The van der Waals surface area contributed by atoms with Gasteiger partial charge in [-0.1, -0.05) is 13.5 Å². The van der Waals surface area contributed by atoms with Crippen LogP contribution in [0.15, 0.2) is 30.9 Å². The number of rotatable bonds is 8. The van der Waals surface area contributed by atoms with E-state index >= 15 is 0 Å². The van der Waals surface area contributed by atoms with Crippen molar-refractivity contribution in [1.82, 2.24) is 0 Å². The summed E-state index contributed by atoms with van der Waals surface area (Å²) in [7, 11) is 0. The first-order valence-electron chi connectivity index (χ1n) is 7.35. The minimum absolute atomic E-state index is 0.122. The maximum Gasteiger partial charge on any atom is 0.338 e. The minimum Gasteiger partial charge on any atom is -0.478 e. The van der Waals surface area contributed by atoms with Gasteiger partial charge in [-0.3, -0.25) is 0 Å². The van der Waals surface area contributed by atoms with Crippen LogP contribution in [0.3, 0.4) is 0 Å². The second-order valence-electron chi connectivity index (χ2n) is 5.07. The molecule has 8 heteroatoms. The predicted octanol–water partition coefficient (Wildman–Crippen LogP) is 2.14. The summed E-state index contributed by atoms with van der Waals surface area (Å²) in [4.78, 5) is 45.6. The van der Waals surface area contributed by atoms with Crippen LogP contribution in [0.4, 0.5) is 0 Å². The lowest BCUT2D eigenvalue weighted by atomic mass is 10.0. The number of carboxylic acids is 2. The fourth-order valence-corrected chi connectivity index (χ4v) is 2.06. The Morgan fingerprint density at radius 1 is 1.12 bits per heavy atom. The normalized spacial score (nSPS) is 12.6. The number of aromatic carboxylic acids is 2. The number of benzene rings is 1. The standard InChI is InChI=1S/C17H18O8/c1-4-13(9(3)24-14(18)5-2)25-17(23)10-6-7-11(15(19)20)12(8-10)16(21)22/h5-9,13H,2,4H2,1,3H3,(H,19,20)(H,21,22). The van der Waals surface area contributed by atoms with Crippen LogP contribution in [0.5, 0.6) is 0 Å². The fraction of sp³-hybridized carbons (Fsp3) is 0.294. The number of hydrogen-bond acceptors (Lipinski definition) is 6. The lowest BCUT2D eigenvalue weighted by Crippen LogP contribution is -2.32. The lowest BCUT2D eigenvalue weighted by Gasteiger charge is -2.22. The van der Waals surface area contributed by atoms with Crippen LogP contribution in [0.1, 0.15) is 51.3 Å². The third kappa shape index (κ3) is 5.17. The van der Waals surface area contributed by atoms with E-state index in [-0.39, 0.29) is 5.56 Å². The van der Waals surface area contributed by atoms with Gasteiger partial charge < -0.3 is 19.7 Å². The molecule has 0 heterocycles. The highest BCUT2D eigenvalue weighted by Crippen LogP contribution is 2.16. The van der Waals surface area contributed by atoms with Crippen molar-refractivity contribution in [2.75, 3.05) is 0 Å². The number of esters is 2. The van der Waals surface area contributed by atoms with E-state index in [9.17, 15) is 19.2 Å². The summed E-state index contributed by atoms with van der Waals surface area (Å²) in [5.74, 6) is -4.42. The Kier molecular flexibility index (Phi) is 6.86. The molecule has 0 aromatic heterocycles. The lowest BCUT2D eigenvalue weighted by molar-refractivity contribution is -0.148. The second-order valence-corrected chi connectivity index (χ2v) is 5.07. The van der Waals surface area contributed by atoms with E-state index in [4.69, 9.17) is 19.7 Å². The molecule has 0 aliphatic heterocycles. The minimum atomic E-state index is -1.48. The monoisotopic (exact) mass is 350 g/mol. The average molecular weight is 350 g/mol. The molecule has 0 bridgehead atoms. The quantitative estimate of drug-likeness (QED) is 0.539. The fourth-order valence-electron chi connectivity index (χ4n) is 2.06. The topological polar surface area (TPSA) is 127 Å². The van der Waals surface area contributed by atoms with Gasteiger partial charge in [-0.05, 0) is 31.5 Å². The van der Waals surface area contributed by atoms with Crippen LogP contribution in [0.2, 0.25) is 0 Å². The van der Waals surface area contributed by atoms with E-state index < -0.39 is 47.2 Å². The van der Waals surface area contributed by atoms with Gasteiger partial charge in [0, 0.05) is 6.08 Å². The van der Waals surface area contributed by atoms with Crippen LogP contribution in [-0.4, -0.2) is 46.3 Å². The molecular formula is C17H18O8. The summed E-state index contributed by atoms with van der Waals surface area (Å²) >= 11 is 0. The van der Waals surface area contributed by atoms with E-state index in [1.54, 1.807) is 13.8 Å². The molecule has 0 saturated carbocycles. The van der Waals surface area contributed by atoms with Crippen molar-refractivity contribution in [2.45, 2.75) is 32.5 Å². The molecule has 25 heavy (non-hydrogen) atoms. The molecule has 1 rings (SSSR count). The molecule has 0 aliphatic rings. The second kappa shape index (κ2) is 8.62. The highest BCUT2D eigenvalue weighted by atomic mass is 16.6. The zero-order valence-corrected chi connectivity index (χ0v) is 13.7.